The minimum atomic E-state index is -4.35. The lowest BCUT2D eigenvalue weighted by molar-refractivity contribution is -0.115. The minimum absolute atomic E-state index is 0.174. The molecule has 0 aliphatic heterocycles. The summed E-state index contributed by atoms with van der Waals surface area (Å²) in [7, 11) is 0. The van der Waals surface area contributed by atoms with Gasteiger partial charge in [-0.05, 0) is 6.92 Å². The molecule has 0 aliphatic rings. The van der Waals surface area contributed by atoms with E-state index in [1.807, 2.05) is 5.32 Å². The van der Waals surface area contributed by atoms with E-state index in [9.17, 15) is 17.6 Å². The van der Waals surface area contributed by atoms with Gasteiger partial charge in [-0.15, -0.1) is 0 Å². The van der Waals surface area contributed by atoms with E-state index < -0.39 is 18.8 Å². The van der Waals surface area contributed by atoms with Crippen molar-refractivity contribution in [2.45, 2.75) is 13.1 Å². The van der Waals surface area contributed by atoms with Gasteiger partial charge in [0, 0.05) is 11.8 Å². The number of aryl methyl sites for hydroxylation is 1. The Bertz CT molecular complexity index is 303. The minimum Gasteiger partial charge on any atom is -0.361 e. The van der Waals surface area contributed by atoms with Crippen LogP contribution in [-0.2, 0) is 0 Å². The summed E-state index contributed by atoms with van der Waals surface area (Å²) in [5.41, 5.74) is 0.266. The second-order valence-corrected chi connectivity index (χ2v) is 2.63. The summed E-state index contributed by atoms with van der Waals surface area (Å²) < 4.78 is 47.7. The number of hydrogen-bond donors (Lipinski definition) is 1. The van der Waals surface area contributed by atoms with Crippen LogP contribution in [-0.4, -0.2) is 22.7 Å². The molecule has 0 unspecified atom stereocenters. The molecule has 0 amide bonds. The first kappa shape index (κ1) is 10.7. The number of halogens is 4. The first-order valence-corrected chi connectivity index (χ1v) is 3.68. The van der Waals surface area contributed by atoms with Crippen LogP contribution in [0.2, 0.25) is 0 Å². The standard InChI is InChI=1S/C7H7F4N3/c1-4-2-5(14-6(8)13-4)12-3-7(9,10)11/h2H,3H2,1H3,(H,12,13,14). The molecule has 78 valence electrons. The molecule has 1 aromatic rings. The molecule has 0 atom stereocenters. The van der Waals surface area contributed by atoms with Crippen LogP contribution in [0.5, 0.6) is 0 Å². The third kappa shape index (κ3) is 3.55. The first-order chi connectivity index (χ1) is 6.37. The van der Waals surface area contributed by atoms with Gasteiger partial charge >= 0.3 is 12.3 Å². The number of hydrogen-bond acceptors (Lipinski definition) is 3. The van der Waals surface area contributed by atoms with Gasteiger partial charge in [0.05, 0.1) is 0 Å². The van der Waals surface area contributed by atoms with E-state index in [1.165, 1.54) is 13.0 Å². The third-order valence-corrected chi connectivity index (χ3v) is 1.30. The molecule has 0 saturated carbocycles. The molecule has 0 spiro atoms. The van der Waals surface area contributed by atoms with E-state index in [0.717, 1.165) is 0 Å². The van der Waals surface area contributed by atoms with Crippen LogP contribution in [0.25, 0.3) is 0 Å². The molecular formula is C7H7F4N3. The van der Waals surface area contributed by atoms with Crippen molar-refractivity contribution in [3.63, 3.8) is 0 Å². The highest BCUT2D eigenvalue weighted by Gasteiger charge is 2.26. The first-order valence-electron chi connectivity index (χ1n) is 3.68. The van der Waals surface area contributed by atoms with Crippen molar-refractivity contribution in [3.8, 4) is 0 Å². The molecule has 1 aromatic heterocycles. The number of rotatable bonds is 2. The van der Waals surface area contributed by atoms with Crippen LogP contribution in [0.3, 0.4) is 0 Å². The molecule has 0 aromatic carbocycles. The Morgan fingerprint density at radius 3 is 2.50 bits per heavy atom. The van der Waals surface area contributed by atoms with E-state index >= 15 is 0 Å². The Kier molecular flexibility index (Phi) is 2.87. The highest BCUT2D eigenvalue weighted by Crippen LogP contribution is 2.15. The molecule has 7 heteroatoms. The van der Waals surface area contributed by atoms with Crippen molar-refractivity contribution in [1.82, 2.24) is 9.97 Å². The van der Waals surface area contributed by atoms with Gasteiger partial charge in [0.15, 0.2) is 0 Å². The number of nitrogens with zero attached hydrogens (tertiary/aromatic N) is 2. The van der Waals surface area contributed by atoms with Gasteiger partial charge in [-0.3, -0.25) is 0 Å². The molecule has 0 bridgehead atoms. The molecule has 0 fully saturated rings. The predicted octanol–water partition coefficient (Wildman–Crippen LogP) is 1.90. The number of alkyl halides is 3. The Hall–Kier alpha value is -1.40. The maximum absolute atomic E-state index is 12.5. The van der Waals surface area contributed by atoms with Crippen molar-refractivity contribution >= 4 is 5.82 Å². The highest BCUT2D eigenvalue weighted by molar-refractivity contribution is 5.34. The van der Waals surface area contributed by atoms with E-state index in [2.05, 4.69) is 9.97 Å². The fraction of sp³-hybridized carbons (Fsp3) is 0.429. The van der Waals surface area contributed by atoms with Crippen molar-refractivity contribution in [1.29, 1.82) is 0 Å². The van der Waals surface area contributed by atoms with E-state index in [0.29, 0.717) is 0 Å². The third-order valence-electron chi connectivity index (χ3n) is 1.30. The lowest BCUT2D eigenvalue weighted by Crippen LogP contribution is -2.22. The summed E-state index contributed by atoms with van der Waals surface area (Å²) in [5.74, 6) is -0.174. The van der Waals surface area contributed by atoms with Gasteiger partial charge in [-0.1, -0.05) is 0 Å². The highest BCUT2D eigenvalue weighted by atomic mass is 19.4. The number of anilines is 1. The molecule has 1 rings (SSSR count). The second kappa shape index (κ2) is 3.77. The fourth-order valence-electron chi connectivity index (χ4n) is 0.814. The summed E-state index contributed by atoms with van der Waals surface area (Å²) in [6.07, 6.45) is -5.40. The van der Waals surface area contributed by atoms with Gasteiger partial charge in [0.25, 0.3) is 0 Å². The van der Waals surface area contributed by atoms with Crippen LogP contribution < -0.4 is 5.32 Å². The van der Waals surface area contributed by atoms with E-state index in [4.69, 9.17) is 0 Å². The van der Waals surface area contributed by atoms with Crippen LogP contribution in [0.4, 0.5) is 23.4 Å². The molecule has 14 heavy (non-hydrogen) atoms. The molecule has 0 saturated heterocycles. The molecule has 1 N–H and O–H groups in total. The average molecular weight is 209 g/mol. The quantitative estimate of drug-likeness (QED) is 0.597. The van der Waals surface area contributed by atoms with Gasteiger partial charge in [0.1, 0.15) is 12.4 Å². The van der Waals surface area contributed by atoms with Crippen LogP contribution in [0.15, 0.2) is 6.07 Å². The van der Waals surface area contributed by atoms with Gasteiger partial charge in [0.2, 0.25) is 0 Å². The van der Waals surface area contributed by atoms with Crippen molar-refractivity contribution in [2.75, 3.05) is 11.9 Å². The number of aromatic nitrogens is 2. The normalized spacial score (nSPS) is 11.5. The molecule has 0 aliphatic carbocycles. The van der Waals surface area contributed by atoms with Crippen molar-refractivity contribution in [2.24, 2.45) is 0 Å². The van der Waals surface area contributed by atoms with Crippen molar-refractivity contribution in [3.05, 3.63) is 17.8 Å². The molecular weight excluding hydrogens is 202 g/mol. The summed E-state index contributed by atoms with van der Waals surface area (Å²) in [6.45, 7) is 0.215. The molecule has 0 radical (unpaired) electrons. The van der Waals surface area contributed by atoms with E-state index in [-0.39, 0.29) is 11.5 Å². The van der Waals surface area contributed by atoms with Crippen LogP contribution >= 0.6 is 0 Å². The maximum Gasteiger partial charge on any atom is 0.405 e. The van der Waals surface area contributed by atoms with Crippen LogP contribution in [0.1, 0.15) is 5.69 Å². The lowest BCUT2D eigenvalue weighted by atomic mass is 10.4. The Morgan fingerprint density at radius 2 is 2.00 bits per heavy atom. The van der Waals surface area contributed by atoms with Crippen molar-refractivity contribution < 1.29 is 17.6 Å². The summed E-state index contributed by atoms with van der Waals surface area (Å²) in [5, 5.41) is 1.95. The molecule has 1 heterocycles. The van der Waals surface area contributed by atoms with Gasteiger partial charge in [-0.2, -0.15) is 22.5 Å². The topological polar surface area (TPSA) is 37.8 Å². The Balaban J connectivity index is 2.68. The second-order valence-electron chi connectivity index (χ2n) is 2.63. The average Bonchev–Trinajstić information content (AvgIpc) is 1.97. The lowest BCUT2D eigenvalue weighted by Gasteiger charge is -2.08. The van der Waals surface area contributed by atoms with Gasteiger partial charge in [-0.25, -0.2) is 4.98 Å². The monoisotopic (exact) mass is 209 g/mol. The number of nitrogens with one attached hydrogen (secondary N) is 1. The smallest absolute Gasteiger partial charge is 0.361 e. The zero-order valence-corrected chi connectivity index (χ0v) is 7.19. The predicted molar refractivity (Wildman–Crippen MR) is 41.3 cm³/mol. The largest absolute Gasteiger partial charge is 0.405 e. The zero-order valence-electron chi connectivity index (χ0n) is 7.19. The zero-order chi connectivity index (χ0) is 10.8. The van der Waals surface area contributed by atoms with E-state index in [1.54, 1.807) is 0 Å². The van der Waals surface area contributed by atoms with Crippen LogP contribution in [0, 0.1) is 13.0 Å². The maximum atomic E-state index is 12.5. The SMILES string of the molecule is Cc1cc(NCC(F)(F)F)nc(F)n1. The molecule has 3 nitrogen and oxygen atoms in total. The Morgan fingerprint density at radius 1 is 1.36 bits per heavy atom. The summed E-state index contributed by atoms with van der Waals surface area (Å²) in [4.78, 5) is 6.43. The Labute approximate surface area is 77.2 Å². The fourth-order valence-corrected chi connectivity index (χ4v) is 0.814. The summed E-state index contributed by atoms with van der Waals surface area (Å²) >= 11 is 0. The summed E-state index contributed by atoms with van der Waals surface area (Å²) in [6, 6.07) is 1.23. The van der Waals surface area contributed by atoms with Gasteiger partial charge < -0.3 is 5.32 Å².